The summed E-state index contributed by atoms with van der Waals surface area (Å²) in [5.41, 5.74) is 3.91. The van der Waals surface area contributed by atoms with Gasteiger partial charge in [-0.1, -0.05) is 12.1 Å². The molecule has 0 bridgehead atoms. The van der Waals surface area contributed by atoms with Crippen LogP contribution in [0.2, 0.25) is 0 Å². The summed E-state index contributed by atoms with van der Waals surface area (Å²) in [6, 6.07) is 8.55. The highest BCUT2D eigenvalue weighted by molar-refractivity contribution is 7.87. The molecule has 0 aliphatic rings. The molecule has 0 amide bonds. The monoisotopic (exact) mass is 419 g/mol. The maximum absolute atomic E-state index is 10.9. The van der Waals surface area contributed by atoms with Crippen molar-refractivity contribution in [2.45, 2.75) is 33.2 Å². The summed E-state index contributed by atoms with van der Waals surface area (Å²) < 4.78 is 32.8. The van der Waals surface area contributed by atoms with Crippen molar-refractivity contribution in [3.8, 4) is 0 Å². The molecule has 1 unspecified atom stereocenters. The maximum atomic E-state index is 10.9. The Morgan fingerprint density at radius 1 is 1.07 bits per heavy atom. The Morgan fingerprint density at radius 3 is 2.25 bits per heavy atom. The Hall–Kier alpha value is -2.56. The van der Waals surface area contributed by atoms with E-state index in [2.05, 4.69) is 20.3 Å². The predicted molar refractivity (Wildman–Crippen MR) is 110 cm³/mol. The highest BCUT2D eigenvalue weighted by atomic mass is 32.2. The summed E-state index contributed by atoms with van der Waals surface area (Å²) in [6.45, 7) is 5.79. The second-order valence-electron chi connectivity index (χ2n) is 6.44. The van der Waals surface area contributed by atoms with Crippen molar-refractivity contribution in [2.75, 3.05) is 10.0 Å². The summed E-state index contributed by atoms with van der Waals surface area (Å²) in [6.07, 6.45) is 0.603. The van der Waals surface area contributed by atoms with Gasteiger partial charge in [0.15, 0.2) is 0 Å². The van der Waals surface area contributed by atoms with Crippen molar-refractivity contribution >= 4 is 33.3 Å². The molecule has 1 atom stereocenters. The van der Waals surface area contributed by atoms with E-state index in [1.165, 1.54) is 0 Å². The molecule has 0 spiro atoms. The number of benzene rings is 1. The number of rotatable bonds is 7. The number of aryl methyl sites for hydroxylation is 3. The lowest BCUT2D eigenvalue weighted by molar-refractivity contribution is 0.489. The van der Waals surface area contributed by atoms with Crippen LogP contribution in [-0.2, 0) is 16.7 Å². The summed E-state index contributed by atoms with van der Waals surface area (Å²) in [7, 11) is -4.29. The number of nitrogens with one attached hydrogen (secondary N) is 2. The number of anilines is 2. The van der Waals surface area contributed by atoms with Crippen molar-refractivity contribution in [3.63, 3.8) is 0 Å². The third-order valence-corrected chi connectivity index (χ3v) is 5.21. The highest BCUT2D eigenvalue weighted by Crippen LogP contribution is 2.25. The fourth-order valence-electron chi connectivity index (χ4n) is 2.81. The molecule has 0 saturated carbocycles. The molecule has 0 aliphatic carbocycles. The Morgan fingerprint density at radius 2 is 1.71 bits per heavy atom. The topological polar surface area (TPSA) is 117 Å². The fourth-order valence-corrected chi connectivity index (χ4v) is 3.91. The molecule has 3 aromatic rings. The molecule has 148 valence electrons. The highest BCUT2D eigenvalue weighted by Gasteiger charge is 2.17. The van der Waals surface area contributed by atoms with E-state index in [4.69, 9.17) is 4.55 Å². The molecule has 1 aromatic carbocycles. The summed E-state index contributed by atoms with van der Waals surface area (Å²) in [5.74, 6) is 0.540. The van der Waals surface area contributed by atoms with Gasteiger partial charge in [0.1, 0.15) is 0 Å². The van der Waals surface area contributed by atoms with Crippen LogP contribution in [0.25, 0.3) is 0 Å². The zero-order valence-electron chi connectivity index (χ0n) is 15.7. The number of hydrogen-bond donors (Lipinski definition) is 3. The molecule has 2 heterocycles. The zero-order valence-corrected chi connectivity index (χ0v) is 17.3. The van der Waals surface area contributed by atoms with Crippen molar-refractivity contribution in [1.29, 1.82) is 0 Å². The first-order valence-electron chi connectivity index (χ1n) is 8.53. The summed E-state index contributed by atoms with van der Waals surface area (Å²) in [4.78, 5) is 13.5. The third-order valence-electron chi connectivity index (χ3n) is 3.92. The number of aromatic nitrogens is 3. The van der Waals surface area contributed by atoms with E-state index in [9.17, 15) is 8.42 Å². The van der Waals surface area contributed by atoms with Crippen LogP contribution in [0.15, 0.2) is 35.7 Å². The van der Waals surface area contributed by atoms with Gasteiger partial charge < -0.3 is 5.32 Å². The zero-order chi connectivity index (χ0) is 20.3. The van der Waals surface area contributed by atoms with Gasteiger partial charge in [-0.05, 0) is 51.0 Å². The van der Waals surface area contributed by atoms with Crippen LogP contribution in [0.1, 0.15) is 33.7 Å². The molecular formula is C18H21N5O3S2. The minimum Gasteiger partial charge on any atom is -0.345 e. The molecule has 0 radical (unpaired) electrons. The van der Waals surface area contributed by atoms with Gasteiger partial charge in [0.05, 0.1) is 22.4 Å². The smallest absolute Gasteiger partial charge is 0.345 e. The van der Waals surface area contributed by atoms with Gasteiger partial charge in [-0.25, -0.2) is 15.0 Å². The van der Waals surface area contributed by atoms with E-state index in [1.807, 2.05) is 36.9 Å². The lowest BCUT2D eigenvalue weighted by atomic mass is 10.0. The first kappa shape index (κ1) is 20.2. The quantitative estimate of drug-likeness (QED) is 0.502. The molecular weight excluding hydrogens is 398 g/mol. The third kappa shape index (κ3) is 5.72. The van der Waals surface area contributed by atoms with Crippen molar-refractivity contribution in [2.24, 2.45) is 0 Å². The van der Waals surface area contributed by atoms with E-state index in [1.54, 1.807) is 35.6 Å². The maximum Gasteiger partial charge on any atom is 0.357 e. The number of nitrogens with zero attached hydrogens (tertiary/aromatic N) is 3. The van der Waals surface area contributed by atoms with Crippen molar-refractivity contribution < 1.29 is 13.0 Å². The second kappa shape index (κ2) is 8.21. The minimum absolute atomic E-state index is 0.147. The van der Waals surface area contributed by atoms with Crippen LogP contribution in [0.3, 0.4) is 0 Å². The molecule has 10 heteroatoms. The molecule has 0 saturated heterocycles. The lowest BCUT2D eigenvalue weighted by Gasteiger charge is -2.18. The average molecular weight is 420 g/mol. The molecule has 28 heavy (non-hydrogen) atoms. The Bertz CT molecular complexity index is 1040. The van der Waals surface area contributed by atoms with Crippen LogP contribution in [0.5, 0.6) is 0 Å². The van der Waals surface area contributed by atoms with Gasteiger partial charge in [-0.2, -0.15) is 8.42 Å². The Balaban J connectivity index is 1.83. The van der Waals surface area contributed by atoms with Crippen LogP contribution in [0, 0.1) is 20.8 Å². The van der Waals surface area contributed by atoms with Gasteiger partial charge in [-0.3, -0.25) is 9.27 Å². The standard InChI is InChI=1S/C18H21N5O3S2/c1-11-8-12(2)20-18(19-11)22-16(17-10-27-13(3)21-17)9-14-4-6-15(7-5-14)23-28(24,25)26/h4-8,10,16,23H,9H2,1-3H3,(H,19,20,22)(H,24,25,26). The van der Waals surface area contributed by atoms with Gasteiger partial charge in [0, 0.05) is 16.8 Å². The number of hydrogen-bond acceptors (Lipinski definition) is 7. The molecule has 2 aromatic heterocycles. The van der Waals surface area contributed by atoms with Crippen molar-refractivity contribution in [3.05, 3.63) is 63.4 Å². The average Bonchev–Trinajstić information content (AvgIpc) is 3.00. The van der Waals surface area contributed by atoms with Crippen LogP contribution >= 0.6 is 11.3 Å². The van der Waals surface area contributed by atoms with Gasteiger partial charge >= 0.3 is 10.3 Å². The Kier molecular flexibility index (Phi) is 5.92. The predicted octanol–water partition coefficient (Wildman–Crippen LogP) is 3.47. The fraction of sp³-hybridized carbons (Fsp3) is 0.278. The van der Waals surface area contributed by atoms with Crippen molar-refractivity contribution in [1.82, 2.24) is 15.0 Å². The van der Waals surface area contributed by atoms with Crippen LogP contribution in [-0.4, -0.2) is 27.9 Å². The van der Waals surface area contributed by atoms with E-state index in [0.717, 1.165) is 27.7 Å². The van der Waals surface area contributed by atoms with E-state index >= 15 is 0 Å². The first-order chi connectivity index (χ1) is 13.2. The normalized spacial score (nSPS) is 12.6. The van der Waals surface area contributed by atoms with E-state index < -0.39 is 10.3 Å². The molecule has 3 rings (SSSR count). The van der Waals surface area contributed by atoms with E-state index in [0.29, 0.717) is 12.4 Å². The molecule has 8 nitrogen and oxygen atoms in total. The molecule has 3 N–H and O–H groups in total. The first-order valence-corrected chi connectivity index (χ1v) is 10.8. The number of thiazole rings is 1. The molecule has 0 aliphatic heterocycles. The van der Waals surface area contributed by atoms with Gasteiger partial charge in [0.2, 0.25) is 5.95 Å². The summed E-state index contributed by atoms with van der Waals surface area (Å²) >= 11 is 1.57. The largest absolute Gasteiger partial charge is 0.357 e. The summed E-state index contributed by atoms with van der Waals surface area (Å²) in [5, 5.41) is 6.33. The van der Waals surface area contributed by atoms with Gasteiger partial charge in [0.25, 0.3) is 0 Å². The molecule has 0 fully saturated rings. The second-order valence-corrected chi connectivity index (χ2v) is 8.66. The van der Waals surface area contributed by atoms with Crippen LogP contribution in [0.4, 0.5) is 11.6 Å². The van der Waals surface area contributed by atoms with Gasteiger partial charge in [-0.15, -0.1) is 11.3 Å². The van der Waals surface area contributed by atoms with E-state index in [-0.39, 0.29) is 11.7 Å². The van der Waals surface area contributed by atoms with Crippen LogP contribution < -0.4 is 10.0 Å². The lowest BCUT2D eigenvalue weighted by Crippen LogP contribution is -2.17. The Labute approximate surface area is 168 Å². The minimum atomic E-state index is -4.29. The SMILES string of the molecule is Cc1cc(C)nc(NC(Cc2ccc(NS(=O)(=O)O)cc2)c2csc(C)n2)n1.